The minimum Gasteiger partial charge on any atom is -0.497 e. The summed E-state index contributed by atoms with van der Waals surface area (Å²) >= 11 is 1.53. The van der Waals surface area contributed by atoms with Gasteiger partial charge in [0.25, 0.3) is 0 Å². The van der Waals surface area contributed by atoms with E-state index >= 15 is 0 Å². The number of methoxy groups -OCH3 is 1. The number of rotatable bonds is 7. The highest BCUT2D eigenvalue weighted by atomic mass is 32.2. The fourth-order valence-electron chi connectivity index (χ4n) is 2.98. The van der Waals surface area contributed by atoms with Crippen LogP contribution in [0.25, 0.3) is 5.69 Å². The fourth-order valence-corrected chi connectivity index (χ4v) is 3.82. The van der Waals surface area contributed by atoms with Crippen molar-refractivity contribution in [3.05, 3.63) is 71.5 Å². The van der Waals surface area contributed by atoms with Crippen LogP contribution in [0.5, 0.6) is 5.75 Å². The fraction of sp³-hybridized carbons (Fsp3) is 0.273. The zero-order valence-corrected chi connectivity index (χ0v) is 17.5. The Morgan fingerprint density at radius 1 is 1.11 bits per heavy atom. The molecule has 5 nitrogen and oxygen atoms in total. The normalized spacial score (nSPS) is 10.7. The Balaban J connectivity index is 1.64. The predicted molar refractivity (Wildman–Crippen MR) is 113 cm³/mol. The smallest absolute Gasteiger partial charge is 0.232 e. The van der Waals surface area contributed by atoms with Gasteiger partial charge in [-0.05, 0) is 50.2 Å². The van der Waals surface area contributed by atoms with Gasteiger partial charge in [-0.3, -0.25) is 4.79 Å². The number of aromatic nitrogens is 2. The first kappa shape index (κ1) is 20.0. The van der Waals surface area contributed by atoms with E-state index in [4.69, 9.17) is 4.74 Å². The predicted octanol–water partition coefficient (Wildman–Crippen LogP) is 4.25. The number of carbonyl (C=O) groups is 1. The molecule has 0 unspecified atom stereocenters. The summed E-state index contributed by atoms with van der Waals surface area (Å²) in [4.78, 5) is 15.4. The summed E-state index contributed by atoms with van der Waals surface area (Å²) in [7, 11) is 3.49. The second-order valence-electron chi connectivity index (χ2n) is 6.61. The Labute approximate surface area is 170 Å². The van der Waals surface area contributed by atoms with Crippen LogP contribution in [0.2, 0.25) is 0 Å². The zero-order valence-electron chi connectivity index (χ0n) is 16.7. The van der Waals surface area contributed by atoms with Gasteiger partial charge >= 0.3 is 0 Å². The van der Waals surface area contributed by atoms with Crippen molar-refractivity contribution in [3.63, 3.8) is 0 Å². The van der Waals surface area contributed by atoms with Gasteiger partial charge in [-0.1, -0.05) is 18.2 Å². The molecular weight excluding hydrogens is 370 g/mol. The summed E-state index contributed by atoms with van der Waals surface area (Å²) in [6.45, 7) is 4.59. The average Bonchev–Trinajstić information content (AvgIpc) is 3.01. The van der Waals surface area contributed by atoms with Crippen LogP contribution in [0, 0.1) is 13.8 Å². The highest BCUT2D eigenvalue weighted by Gasteiger charge is 2.17. The Hall–Kier alpha value is -2.73. The standard InChI is InChI=1S/C22H25N3O2S/c1-16-21(17(2)25(23-16)18-8-6-5-7-9-18)14-24(3)22(26)15-28-20-12-10-19(27-4)11-13-20/h5-13H,14-15H2,1-4H3. The molecule has 0 aliphatic rings. The van der Waals surface area contributed by atoms with Gasteiger partial charge in [0, 0.05) is 29.7 Å². The molecule has 146 valence electrons. The number of para-hydroxylation sites is 1. The van der Waals surface area contributed by atoms with E-state index in [9.17, 15) is 4.79 Å². The second kappa shape index (κ2) is 8.97. The Morgan fingerprint density at radius 3 is 2.43 bits per heavy atom. The largest absolute Gasteiger partial charge is 0.497 e. The van der Waals surface area contributed by atoms with Gasteiger partial charge in [0.15, 0.2) is 0 Å². The van der Waals surface area contributed by atoms with Crippen molar-refractivity contribution >= 4 is 17.7 Å². The molecule has 0 fully saturated rings. The molecule has 0 radical (unpaired) electrons. The van der Waals surface area contributed by atoms with E-state index in [2.05, 4.69) is 5.10 Å². The number of amides is 1. The van der Waals surface area contributed by atoms with Gasteiger partial charge in [0.2, 0.25) is 5.91 Å². The van der Waals surface area contributed by atoms with Crippen molar-refractivity contribution in [1.29, 1.82) is 0 Å². The number of thioether (sulfide) groups is 1. The maximum absolute atomic E-state index is 12.6. The SMILES string of the molecule is COc1ccc(SCC(=O)N(C)Cc2c(C)nn(-c3ccccc3)c2C)cc1. The molecule has 0 aliphatic carbocycles. The summed E-state index contributed by atoms with van der Waals surface area (Å²) in [6.07, 6.45) is 0. The second-order valence-corrected chi connectivity index (χ2v) is 7.66. The average molecular weight is 396 g/mol. The van der Waals surface area contributed by atoms with E-state index in [1.807, 2.05) is 80.2 Å². The van der Waals surface area contributed by atoms with Crippen LogP contribution in [0.15, 0.2) is 59.5 Å². The third kappa shape index (κ3) is 4.57. The van der Waals surface area contributed by atoms with Gasteiger partial charge in [-0.15, -0.1) is 11.8 Å². The molecule has 0 saturated heterocycles. The quantitative estimate of drug-likeness (QED) is 0.561. The van der Waals surface area contributed by atoms with E-state index in [0.29, 0.717) is 12.3 Å². The molecule has 28 heavy (non-hydrogen) atoms. The molecule has 0 bridgehead atoms. The lowest BCUT2D eigenvalue weighted by molar-refractivity contribution is -0.127. The van der Waals surface area contributed by atoms with Crippen LogP contribution in [0.4, 0.5) is 0 Å². The van der Waals surface area contributed by atoms with Gasteiger partial charge in [0.1, 0.15) is 5.75 Å². The molecule has 1 heterocycles. The monoisotopic (exact) mass is 395 g/mol. The summed E-state index contributed by atoms with van der Waals surface area (Å²) in [5.41, 5.74) is 4.13. The molecule has 6 heteroatoms. The van der Waals surface area contributed by atoms with E-state index in [-0.39, 0.29) is 5.91 Å². The number of hydrogen-bond donors (Lipinski definition) is 0. The van der Waals surface area contributed by atoms with E-state index in [0.717, 1.165) is 33.3 Å². The minimum absolute atomic E-state index is 0.0899. The van der Waals surface area contributed by atoms with Gasteiger partial charge < -0.3 is 9.64 Å². The van der Waals surface area contributed by atoms with Crippen molar-refractivity contribution in [2.75, 3.05) is 19.9 Å². The number of nitrogens with zero attached hydrogens (tertiary/aromatic N) is 3. The molecule has 1 amide bonds. The molecule has 0 spiro atoms. The van der Waals surface area contributed by atoms with Gasteiger partial charge in [-0.25, -0.2) is 4.68 Å². The van der Waals surface area contributed by atoms with Crippen molar-refractivity contribution in [2.45, 2.75) is 25.3 Å². The maximum Gasteiger partial charge on any atom is 0.232 e. The van der Waals surface area contributed by atoms with Crippen LogP contribution < -0.4 is 4.74 Å². The Bertz CT molecular complexity index is 936. The molecular formula is C22H25N3O2S. The first-order valence-electron chi connectivity index (χ1n) is 9.11. The summed E-state index contributed by atoms with van der Waals surface area (Å²) in [6, 6.07) is 17.8. The summed E-state index contributed by atoms with van der Waals surface area (Å²) in [5, 5.41) is 4.66. The molecule has 3 rings (SSSR count). The van der Waals surface area contributed by atoms with Crippen molar-refractivity contribution in [2.24, 2.45) is 0 Å². The highest BCUT2D eigenvalue weighted by Crippen LogP contribution is 2.23. The van der Waals surface area contributed by atoms with Crippen LogP contribution in [-0.2, 0) is 11.3 Å². The summed E-state index contributed by atoms with van der Waals surface area (Å²) < 4.78 is 7.10. The molecule has 0 saturated carbocycles. The lowest BCUT2D eigenvalue weighted by Crippen LogP contribution is -2.28. The topological polar surface area (TPSA) is 47.4 Å². The first-order chi connectivity index (χ1) is 13.5. The minimum atomic E-state index is 0.0899. The van der Waals surface area contributed by atoms with Crippen LogP contribution >= 0.6 is 11.8 Å². The van der Waals surface area contributed by atoms with Crippen LogP contribution in [0.3, 0.4) is 0 Å². The Kier molecular flexibility index (Phi) is 6.41. The lowest BCUT2D eigenvalue weighted by atomic mass is 10.2. The van der Waals surface area contributed by atoms with E-state index in [1.165, 1.54) is 11.8 Å². The molecule has 2 aromatic carbocycles. The van der Waals surface area contributed by atoms with Crippen LogP contribution in [-0.4, -0.2) is 40.5 Å². The molecule has 0 aliphatic heterocycles. The van der Waals surface area contributed by atoms with Crippen molar-refractivity contribution in [3.8, 4) is 11.4 Å². The Morgan fingerprint density at radius 2 is 1.79 bits per heavy atom. The summed E-state index contributed by atoms with van der Waals surface area (Å²) in [5.74, 6) is 1.30. The number of ether oxygens (including phenoxy) is 1. The third-order valence-corrected chi connectivity index (χ3v) is 5.68. The van der Waals surface area contributed by atoms with E-state index in [1.54, 1.807) is 12.0 Å². The van der Waals surface area contributed by atoms with Crippen LogP contribution in [0.1, 0.15) is 17.0 Å². The third-order valence-electron chi connectivity index (χ3n) is 4.68. The van der Waals surface area contributed by atoms with E-state index < -0.39 is 0 Å². The number of benzene rings is 2. The maximum atomic E-state index is 12.6. The van der Waals surface area contributed by atoms with Gasteiger partial charge in [-0.2, -0.15) is 5.10 Å². The number of carbonyl (C=O) groups excluding carboxylic acids is 1. The van der Waals surface area contributed by atoms with Crippen molar-refractivity contribution in [1.82, 2.24) is 14.7 Å². The highest BCUT2D eigenvalue weighted by molar-refractivity contribution is 8.00. The first-order valence-corrected chi connectivity index (χ1v) is 10.1. The molecule has 0 N–H and O–H groups in total. The zero-order chi connectivity index (χ0) is 20.1. The number of hydrogen-bond acceptors (Lipinski definition) is 4. The lowest BCUT2D eigenvalue weighted by Gasteiger charge is -2.17. The van der Waals surface area contributed by atoms with Crippen molar-refractivity contribution < 1.29 is 9.53 Å². The molecule has 0 atom stereocenters. The molecule has 1 aromatic heterocycles. The molecule has 3 aromatic rings. The van der Waals surface area contributed by atoms with Gasteiger partial charge in [0.05, 0.1) is 24.2 Å². The number of aryl methyl sites for hydroxylation is 1.